The number of halogens is 3. The van der Waals surface area contributed by atoms with Gasteiger partial charge in [-0.1, -0.05) is 6.07 Å². The van der Waals surface area contributed by atoms with E-state index < -0.39 is 23.1 Å². The summed E-state index contributed by atoms with van der Waals surface area (Å²) in [6.07, 6.45) is -4.51. The number of carbonyl (C=O) groups excluding carboxylic acids is 1. The Kier molecular flexibility index (Phi) is 5.52. The Bertz CT molecular complexity index is 934. The van der Waals surface area contributed by atoms with E-state index in [0.29, 0.717) is 18.8 Å². The number of likely N-dealkylation sites (N-methyl/N-ethyl adjacent to an activating group) is 1. The molecule has 1 saturated heterocycles. The van der Waals surface area contributed by atoms with Gasteiger partial charge in [0.05, 0.1) is 11.3 Å². The minimum Gasteiger partial charge on any atom is -0.304 e. The molecular weight excluding hydrogens is 375 g/mol. The highest BCUT2D eigenvalue weighted by molar-refractivity contribution is 5.91. The molecule has 1 aliphatic heterocycles. The number of hydrogen-bond donors (Lipinski definition) is 1. The average Bonchev–Trinajstić information content (AvgIpc) is 2.63. The maximum absolute atomic E-state index is 13.0. The van der Waals surface area contributed by atoms with Crippen LogP contribution in [0.2, 0.25) is 0 Å². The van der Waals surface area contributed by atoms with Crippen molar-refractivity contribution in [1.82, 2.24) is 25.1 Å². The van der Waals surface area contributed by atoms with Crippen molar-refractivity contribution in [2.75, 3.05) is 33.2 Å². The lowest BCUT2D eigenvalue weighted by Gasteiger charge is -2.32. The number of amides is 1. The van der Waals surface area contributed by atoms with Gasteiger partial charge in [0.2, 0.25) is 5.43 Å². The second kappa shape index (κ2) is 7.72. The first-order valence-corrected chi connectivity index (χ1v) is 8.68. The number of rotatable bonds is 3. The summed E-state index contributed by atoms with van der Waals surface area (Å²) in [6, 6.07) is 5.74. The maximum Gasteiger partial charge on any atom is 0.416 e. The second-order valence-corrected chi connectivity index (χ2v) is 6.69. The predicted molar refractivity (Wildman–Crippen MR) is 96.1 cm³/mol. The summed E-state index contributed by atoms with van der Waals surface area (Å²) in [5, 5.41) is 5.73. The van der Waals surface area contributed by atoms with Crippen LogP contribution in [0.4, 0.5) is 13.2 Å². The molecule has 0 radical (unpaired) electrons. The summed E-state index contributed by atoms with van der Waals surface area (Å²) in [7, 11) is 1.97. The normalized spacial score (nSPS) is 16.2. The molecule has 28 heavy (non-hydrogen) atoms. The van der Waals surface area contributed by atoms with E-state index in [1.54, 1.807) is 5.01 Å². The van der Waals surface area contributed by atoms with E-state index in [4.69, 9.17) is 0 Å². The first kappa shape index (κ1) is 20.0. The monoisotopic (exact) mass is 395 g/mol. The van der Waals surface area contributed by atoms with Crippen molar-refractivity contribution in [3.8, 4) is 5.69 Å². The number of piperazine rings is 1. The maximum atomic E-state index is 13.0. The summed E-state index contributed by atoms with van der Waals surface area (Å²) in [4.78, 5) is 26.9. The van der Waals surface area contributed by atoms with Crippen LogP contribution in [-0.2, 0) is 6.18 Å². The summed E-state index contributed by atoms with van der Waals surface area (Å²) in [6.45, 7) is 4.24. The van der Waals surface area contributed by atoms with E-state index in [1.165, 1.54) is 25.1 Å². The minimum atomic E-state index is -4.51. The molecule has 150 valence electrons. The quantitative estimate of drug-likeness (QED) is 0.852. The number of alkyl halides is 3. The Balaban J connectivity index is 1.91. The molecule has 1 aromatic heterocycles. The first-order valence-electron chi connectivity index (χ1n) is 8.68. The molecule has 0 bridgehead atoms. The van der Waals surface area contributed by atoms with Crippen LogP contribution >= 0.6 is 0 Å². The van der Waals surface area contributed by atoms with Crippen molar-refractivity contribution < 1.29 is 18.0 Å². The lowest BCUT2D eigenvalue weighted by molar-refractivity contribution is -0.137. The fourth-order valence-electron chi connectivity index (χ4n) is 2.89. The fraction of sp³-hybridized carbons (Fsp3) is 0.389. The zero-order valence-corrected chi connectivity index (χ0v) is 15.5. The molecule has 1 amide bonds. The molecule has 2 aromatic rings. The van der Waals surface area contributed by atoms with Crippen molar-refractivity contribution >= 4 is 5.91 Å². The lowest BCUT2D eigenvalue weighted by atomic mass is 10.2. The van der Waals surface area contributed by atoms with Crippen molar-refractivity contribution in [2.24, 2.45) is 0 Å². The molecule has 0 aliphatic carbocycles. The molecule has 1 N–H and O–H groups in total. The van der Waals surface area contributed by atoms with Crippen LogP contribution in [0.5, 0.6) is 0 Å². The number of aromatic nitrogens is 2. The van der Waals surface area contributed by atoms with Gasteiger partial charge in [0.15, 0.2) is 5.69 Å². The van der Waals surface area contributed by atoms with Gasteiger partial charge < -0.3 is 4.90 Å². The van der Waals surface area contributed by atoms with Crippen molar-refractivity contribution in [3.63, 3.8) is 0 Å². The third kappa shape index (κ3) is 4.39. The first-order chi connectivity index (χ1) is 13.1. The Morgan fingerprint density at radius 3 is 2.46 bits per heavy atom. The van der Waals surface area contributed by atoms with Crippen molar-refractivity contribution in [3.05, 3.63) is 57.5 Å². The van der Waals surface area contributed by atoms with Crippen LogP contribution in [0.3, 0.4) is 0 Å². The molecule has 1 fully saturated rings. The number of nitrogens with one attached hydrogen (secondary N) is 1. The van der Waals surface area contributed by atoms with Crippen LogP contribution in [0.1, 0.15) is 21.7 Å². The third-order valence-electron chi connectivity index (χ3n) is 4.50. The molecule has 0 saturated carbocycles. The number of aryl methyl sites for hydroxylation is 1. The highest BCUT2D eigenvalue weighted by atomic mass is 19.4. The number of benzene rings is 1. The van der Waals surface area contributed by atoms with E-state index in [0.717, 1.165) is 29.9 Å². The zero-order valence-electron chi connectivity index (χ0n) is 15.5. The van der Waals surface area contributed by atoms with Gasteiger partial charge in [-0.25, -0.2) is 9.69 Å². The average molecular weight is 395 g/mol. The SMILES string of the molecule is Cc1cc(=O)c(C(=O)NN2CCN(C)CC2)nn1-c1cccc(C(F)(F)F)c1. The van der Waals surface area contributed by atoms with E-state index in [-0.39, 0.29) is 11.4 Å². The fourth-order valence-corrected chi connectivity index (χ4v) is 2.89. The van der Waals surface area contributed by atoms with E-state index >= 15 is 0 Å². The standard InChI is InChI=1S/C18H20F3N5O2/c1-12-10-15(27)16(17(28)23-25-8-6-24(2)7-9-25)22-26(12)14-5-3-4-13(11-14)18(19,20)21/h3-5,10-11H,6-9H2,1-2H3,(H,23,28). The minimum absolute atomic E-state index is 0.112. The second-order valence-electron chi connectivity index (χ2n) is 6.69. The van der Waals surface area contributed by atoms with Gasteiger partial charge in [-0.05, 0) is 32.2 Å². The lowest BCUT2D eigenvalue weighted by Crippen LogP contribution is -2.53. The number of carbonyl (C=O) groups is 1. The van der Waals surface area contributed by atoms with E-state index in [2.05, 4.69) is 15.4 Å². The summed E-state index contributed by atoms with van der Waals surface area (Å²) in [5.41, 5.74) is 1.27. The van der Waals surface area contributed by atoms with Gasteiger partial charge in [0.1, 0.15) is 0 Å². The Morgan fingerprint density at radius 2 is 1.82 bits per heavy atom. The van der Waals surface area contributed by atoms with Crippen LogP contribution in [0.25, 0.3) is 5.69 Å². The molecule has 1 aromatic carbocycles. The van der Waals surface area contributed by atoms with Crippen LogP contribution in [0, 0.1) is 6.92 Å². The molecular formula is C18H20F3N5O2. The third-order valence-corrected chi connectivity index (χ3v) is 4.50. The highest BCUT2D eigenvalue weighted by Gasteiger charge is 2.30. The van der Waals surface area contributed by atoms with Crippen molar-refractivity contribution in [2.45, 2.75) is 13.1 Å². The van der Waals surface area contributed by atoms with Crippen LogP contribution in [-0.4, -0.2) is 58.8 Å². The van der Waals surface area contributed by atoms with Gasteiger partial charge in [-0.3, -0.25) is 15.0 Å². The predicted octanol–water partition coefficient (Wildman–Crippen LogP) is 1.45. The smallest absolute Gasteiger partial charge is 0.304 e. The van der Waals surface area contributed by atoms with Gasteiger partial charge in [0.25, 0.3) is 5.91 Å². The van der Waals surface area contributed by atoms with E-state index in [1.807, 2.05) is 7.05 Å². The van der Waals surface area contributed by atoms with Crippen LogP contribution in [0.15, 0.2) is 35.1 Å². The Labute approximate surface area is 159 Å². The number of nitrogens with zero attached hydrogens (tertiary/aromatic N) is 4. The number of hydrogen-bond acceptors (Lipinski definition) is 5. The topological polar surface area (TPSA) is 70.5 Å². The highest BCUT2D eigenvalue weighted by Crippen LogP contribution is 2.30. The number of hydrazine groups is 1. The molecule has 1 aliphatic rings. The molecule has 0 spiro atoms. The van der Waals surface area contributed by atoms with Gasteiger partial charge in [-0.15, -0.1) is 0 Å². The largest absolute Gasteiger partial charge is 0.416 e. The van der Waals surface area contributed by atoms with Crippen LogP contribution < -0.4 is 10.9 Å². The van der Waals surface area contributed by atoms with Crippen molar-refractivity contribution in [1.29, 1.82) is 0 Å². The molecule has 10 heteroatoms. The zero-order chi connectivity index (χ0) is 20.5. The van der Waals surface area contributed by atoms with Gasteiger partial charge in [-0.2, -0.15) is 18.3 Å². The molecule has 2 heterocycles. The Hall–Kier alpha value is -2.72. The summed E-state index contributed by atoms with van der Waals surface area (Å²) < 4.78 is 40.1. The molecule has 0 atom stereocenters. The molecule has 3 rings (SSSR count). The summed E-state index contributed by atoms with van der Waals surface area (Å²) >= 11 is 0. The summed E-state index contributed by atoms with van der Waals surface area (Å²) in [5.74, 6) is -0.685. The Morgan fingerprint density at radius 1 is 1.14 bits per heavy atom. The molecule has 7 nitrogen and oxygen atoms in total. The van der Waals surface area contributed by atoms with Gasteiger partial charge in [0, 0.05) is 37.9 Å². The van der Waals surface area contributed by atoms with Gasteiger partial charge >= 0.3 is 6.18 Å². The van der Waals surface area contributed by atoms with E-state index in [9.17, 15) is 22.8 Å². The molecule has 0 unspecified atom stereocenters.